The van der Waals surface area contributed by atoms with Gasteiger partial charge in [0.05, 0.1) is 13.2 Å². The van der Waals surface area contributed by atoms with E-state index in [1.165, 1.54) is 141 Å². The van der Waals surface area contributed by atoms with Crippen LogP contribution >= 0.6 is 0 Å². The second-order valence-corrected chi connectivity index (χ2v) is 14.8. The van der Waals surface area contributed by atoms with Crippen LogP contribution < -0.4 is 0 Å². The monoisotopic (exact) mass is 674 g/mol. The number of likely N-dealkylation sites (tertiary alicyclic amines) is 1. The number of unbranched alkanes of at least 4 members (excludes halogenated alkanes) is 22. The highest BCUT2D eigenvalue weighted by Gasteiger charge is 2.32. The Balaban J connectivity index is 1.98. The van der Waals surface area contributed by atoms with Crippen LogP contribution in [0.25, 0.3) is 0 Å². The largest absolute Gasteiger partial charge is 0.465 e. The van der Waals surface area contributed by atoms with Crippen LogP contribution in [0, 0.1) is 11.8 Å². The van der Waals surface area contributed by atoms with E-state index < -0.39 is 0 Å². The lowest BCUT2D eigenvalue weighted by Gasteiger charge is -2.18. The molecule has 0 unspecified atom stereocenters. The number of nitrogens with zero attached hydrogens (tertiary/aromatic N) is 1. The Kier molecular flexibility index (Phi) is 31.3. The normalized spacial score (nSPS) is 16.8. The predicted octanol–water partition coefficient (Wildman–Crippen LogP) is 12.3. The molecule has 5 heteroatoms. The van der Waals surface area contributed by atoms with Gasteiger partial charge in [-0.2, -0.15) is 0 Å². The van der Waals surface area contributed by atoms with Gasteiger partial charge in [0.2, 0.25) is 0 Å². The minimum absolute atomic E-state index is 0.0814. The van der Waals surface area contributed by atoms with Crippen molar-refractivity contribution >= 4 is 11.9 Å². The quantitative estimate of drug-likeness (QED) is 0.0386. The summed E-state index contributed by atoms with van der Waals surface area (Å²) in [5.41, 5.74) is 0. The van der Waals surface area contributed by atoms with Gasteiger partial charge in [-0.3, -0.25) is 9.59 Å². The summed E-state index contributed by atoms with van der Waals surface area (Å²) in [6, 6.07) is 0. The molecule has 2 atom stereocenters. The minimum Gasteiger partial charge on any atom is -0.465 e. The molecular formula is C43H79NO4. The van der Waals surface area contributed by atoms with Gasteiger partial charge in [0.25, 0.3) is 0 Å². The number of ether oxygens (including phenoxy) is 2. The Morgan fingerprint density at radius 2 is 0.771 bits per heavy atom. The van der Waals surface area contributed by atoms with E-state index in [1.807, 2.05) is 0 Å². The molecule has 280 valence electrons. The second kappa shape index (κ2) is 33.9. The molecule has 48 heavy (non-hydrogen) atoms. The number of rotatable bonds is 34. The van der Waals surface area contributed by atoms with Crippen molar-refractivity contribution in [3.8, 4) is 0 Å². The topological polar surface area (TPSA) is 55.8 Å². The number of allylic oxidation sites excluding steroid dienone is 4. The molecule has 1 aliphatic heterocycles. The molecule has 1 rings (SSSR count). The maximum atomic E-state index is 12.4. The SMILES string of the molecule is CCCCCCCC/C=C\CCCCCCCC(=O)OC[C@@H]1CN(C)C[C@H]1COC(=O)CCCCCCC/C=C\CCCCCCCC. The molecule has 0 radical (unpaired) electrons. The molecule has 0 spiro atoms. The third-order valence-corrected chi connectivity index (χ3v) is 9.96. The highest BCUT2D eigenvalue weighted by molar-refractivity contribution is 5.69. The second-order valence-electron chi connectivity index (χ2n) is 14.8. The molecule has 0 amide bonds. The number of carbonyl (C=O) groups excluding carboxylic acids is 2. The molecule has 0 aromatic rings. The van der Waals surface area contributed by atoms with Crippen molar-refractivity contribution in [2.45, 2.75) is 194 Å². The summed E-state index contributed by atoms with van der Waals surface area (Å²) in [6.45, 7) is 7.18. The molecule has 1 aliphatic rings. The first kappa shape index (κ1) is 44.4. The van der Waals surface area contributed by atoms with E-state index in [0.717, 1.165) is 38.8 Å². The van der Waals surface area contributed by atoms with Crippen molar-refractivity contribution in [2.24, 2.45) is 11.8 Å². The number of hydrogen-bond donors (Lipinski definition) is 0. The summed E-state index contributed by atoms with van der Waals surface area (Å²) >= 11 is 0. The third-order valence-electron chi connectivity index (χ3n) is 9.96. The Bertz CT molecular complexity index is 730. The van der Waals surface area contributed by atoms with Crippen molar-refractivity contribution < 1.29 is 19.1 Å². The average Bonchev–Trinajstić information content (AvgIpc) is 3.45. The van der Waals surface area contributed by atoms with Crippen LogP contribution in [0.1, 0.15) is 194 Å². The van der Waals surface area contributed by atoms with Crippen LogP contribution in [0.5, 0.6) is 0 Å². The molecule has 1 saturated heterocycles. The molecular weight excluding hydrogens is 594 g/mol. The number of esters is 2. The Labute approximate surface area is 298 Å². The Hall–Kier alpha value is -1.62. The van der Waals surface area contributed by atoms with E-state index in [-0.39, 0.29) is 23.8 Å². The first-order chi connectivity index (χ1) is 23.6. The molecule has 0 N–H and O–H groups in total. The van der Waals surface area contributed by atoms with Gasteiger partial charge >= 0.3 is 11.9 Å². The van der Waals surface area contributed by atoms with Gasteiger partial charge in [-0.25, -0.2) is 0 Å². The van der Waals surface area contributed by atoms with Crippen LogP contribution in [-0.2, 0) is 19.1 Å². The van der Waals surface area contributed by atoms with Gasteiger partial charge in [0.15, 0.2) is 0 Å². The zero-order valence-electron chi connectivity index (χ0n) is 32.2. The van der Waals surface area contributed by atoms with Crippen molar-refractivity contribution in [3.05, 3.63) is 24.3 Å². The summed E-state index contributed by atoms with van der Waals surface area (Å²) in [5, 5.41) is 0. The zero-order chi connectivity index (χ0) is 34.8. The molecule has 5 nitrogen and oxygen atoms in total. The number of carbonyl (C=O) groups is 2. The van der Waals surface area contributed by atoms with Gasteiger partial charge in [-0.15, -0.1) is 0 Å². The number of hydrogen-bond acceptors (Lipinski definition) is 5. The van der Waals surface area contributed by atoms with Crippen molar-refractivity contribution in [2.75, 3.05) is 33.4 Å². The summed E-state index contributed by atoms with van der Waals surface area (Å²) in [4.78, 5) is 27.0. The zero-order valence-corrected chi connectivity index (χ0v) is 32.2. The van der Waals surface area contributed by atoms with E-state index in [0.29, 0.717) is 26.1 Å². The van der Waals surface area contributed by atoms with E-state index in [1.54, 1.807) is 0 Å². The molecule has 0 bridgehead atoms. The lowest BCUT2D eigenvalue weighted by Crippen LogP contribution is -2.25. The summed E-state index contributed by atoms with van der Waals surface area (Å²) in [7, 11) is 2.09. The highest BCUT2D eigenvalue weighted by Crippen LogP contribution is 2.24. The van der Waals surface area contributed by atoms with Gasteiger partial charge < -0.3 is 14.4 Å². The smallest absolute Gasteiger partial charge is 0.305 e. The molecule has 0 aliphatic carbocycles. The maximum absolute atomic E-state index is 12.4. The molecule has 1 heterocycles. The van der Waals surface area contributed by atoms with E-state index in [2.05, 4.69) is 50.1 Å². The van der Waals surface area contributed by atoms with Gasteiger partial charge in [-0.05, 0) is 71.3 Å². The van der Waals surface area contributed by atoms with Crippen LogP contribution in [0.15, 0.2) is 24.3 Å². The van der Waals surface area contributed by atoms with E-state index >= 15 is 0 Å². The lowest BCUT2D eigenvalue weighted by molar-refractivity contribution is -0.149. The van der Waals surface area contributed by atoms with Crippen LogP contribution in [0.2, 0.25) is 0 Å². The maximum Gasteiger partial charge on any atom is 0.305 e. The van der Waals surface area contributed by atoms with Crippen molar-refractivity contribution in [3.63, 3.8) is 0 Å². The van der Waals surface area contributed by atoms with Gasteiger partial charge in [0.1, 0.15) is 0 Å². The molecule has 0 aromatic heterocycles. The third kappa shape index (κ3) is 28.2. The van der Waals surface area contributed by atoms with Gasteiger partial charge in [-0.1, -0.05) is 141 Å². The average molecular weight is 674 g/mol. The van der Waals surface area contributed by atoms with Crippen LogP contribution in [0.3, 0.4) is 0 Å². The first-order valence-corrected chi connectivity index (χ1v) is 20.9. The predicted molar refractivity (Wildman–Crippen MR) is 205 cm³/mol. The van der Waals surface area contributed by atoms with Crippen LogP contribution in [0.4, 0.5) is 0 Å². The van der Waals surface area contributed by atoms with E-state index in [4.69, 9.17) is 9.47 Å². The first-order valence-electron chi connectivity index (χ1n) is 20.9. The fraction of sp³-hybridized carbons (Fsp3) is 0.860. The standard InChI is InChI=1S/C43H79NO4/c1-4-6-8-10-12-14-16-18-20-22-24-26-28-30-32-34-42(45)47-38-40-36-44(3)37-41(40)39-48-43(46)35-33-31-29-27-25-23-21-19-17-15-13-11-9-7-5-2/h18-21,40-41H,4-17,22-39H2,1-3H3/b20-18-,21-19-/t40-,41-/m0/s1. The summed E-state index contributed by atoms with van der Waals surface area (Å²) in [5.74, 6) is 0.311. The fourth-order valence-electron chi connectivity index (χ4n) is 6.78. The Morgan fingerprint density at radius 1 is 0.479 bits per heavy atom. The highest BCUT2D eigenvalue weighted by atomic mass is 16.5. The molecule has 0 saturated carbocycles. The summed E-state index contributed by atoms with van der Waals surface area (Å²) in [6.07, 6.45) is 43.1. The van der Waals surface area contributed by atoms with E-state index in [9.17, 15) is 9.59 Å². The fourth-order valence-corrected chi connectivity index (χ4v) is 6.78. The van der Waals surface area contributed by atoms with Crippen LogP contribution in [-0.4, -0.2) is 50.2 Å². The summed E-state index contributed by atoms with van der Waals surface area (Å²) < 4.78 is 11.3. The van der Waals surface area contributed by atoms with Gasteiger partial charge in [0, 0.05) is 37.8 Å². The molecule has 0 aromatic carbocycles. The lowest BCUT2D eigenvalue weighted by atomic mass is 9.98. The Morgan fingerprint density at radius 3 is 1.10 bits per heavy atom. The van der Waals surface area contributed by atoms with Crippen molar-refractivity contribution in [1.29, 1.82) is 0 Å². The van der Waals surface area contributed by atoms with Crippen molar-refractivity contribution in [1.82, 2.24) is 4.90 Å². The minimum atomic E-state index is -0.0814. The molecule has 1 fully saturated rings.